The molecule has 0 N–H and O–H groups in total. The van der Waals surface area contributed by atoms with Crippen molar-refractivity contribution in [3.05, 3.63) is 40.3 Å². The second-order valence-electron chi connectivity index (χ2n) is 3.64. The van der Waals surface area contributed by atoms with Crippen LogP contribution >= 0.6 is 24.0 Å². The molecule has 0 saturated heterocycles. The molecule has 0 aliphatic rings. The van der Waals surface area contributed by atoms with Gasteiger partial charge >= 0.3 is 0 Å². The zero-order valence-corrected chi connectivity index (χ0v) is 11.8. The SMILES string of the molecule is COc1ccccc1OCCc1nc(CS)cs1. The maximum Gasteiger partial charge on any atom is 0.161 e. The molecule has 0 spiro atoms. The molecule has 0 amide bonds. The Hall–Kier alpha value is -1.20. The quantitative estimate of drug-likeness (QED) is 0.825. The Morgan fingerprint density at radius 3 is 2.72 bits per heavy atom. The fourth-order valence-electron chi connectivity index (χ4n) is 1.52. The second kappa shape index (κ2) is 6.66. The minimum atomic E-state index is 0.597. The summed E-state index contributed by atoms with van der Waals surface area (Å²) in [4.78, 5) is 4.43. The smallest absolute Gasteiger partial charge is 0.161 e. The average molecular weight is 281 g/mol. The molecule has 0 atom stereocenters. The Morgan fingerprint density at radius 2 is 2.06 bits per heavy atom. The molecule has 0 fully saturated rings. The van der Waals surface area contributed by atoms with Crippen LogP contribution in [0.2, 0.25) is 0 Å². The van der Waals surface area contributed by atoms with E-state index in [2.05, 4.69) is 17.6 Å². The molecule has 1 heterocycles. The number of methoxy groups -OCH3 is 1. The fourth-order valence-corrected chi connectivity index (χ4v) is 2.59. The van der Waals surface area contributed by atoms with Crippen LogP contribution in [-0.2, 0) is 12.2 Å². The lowest BCUT2D eigenvalue weighted by Crippen LogP contribution is -2.02. The second-order valence-corrected chi connectivity index (χ2v) is 4.90. The van der Waals surface area contributed by atoms with E-state index in [1.807, 2.05) is 29.6 Å². The average Bonchev–Trinajstić information content (AvgIpc) is 2.87. The van der Waals surface area contributed by atoms with Crippen molar-refractivity contribution in [2.45, 2.75) is 12.2 Å². The first-order valence-corrected chi connectivity index (χ1v) is 7.14. The zero-order chi connectivity index (χ0) is 12.8. The van der Waals surface area contributed by atoms with E-state index in [0.717, 1.165) is 28.6 Å². The van der Waals surface area contributed by atoms with Crippen molar-refractivity contribution in [2.75, 3.05) is 13.7 Å². The molecule has 1 aromatic carbocycles. The number of hydrogen-bond acceptors (Lipinski definition) is 5. The summed E-state index contributed by atoms with van der Waals surface area (Å²) in [7, 11) is 1.64. The van der Waals surface area contributed by atoms with Crippen molar-refractivity contribution in [3.8, 4) is 11.5 Å². The molecule has 96 valence electrons. The number of rotatable bonds is 6. The van der Waals surface area contributed by atoms with Gasteiger partial charge in [-0.25, -0.2) is 4.98 Å². The minimum Gasteiger partial charge on any atom is -0.493 e. The number of para-hydroxylation sites is 2. The molecule has 5 heteroatoms. The Morgan fingerprint density at radius 1 is 1.28 bits per heavy atom. The summed E-state index contributed by atoms with van der Waals surface area (Å²) in [6, 6.07) is 7.64. The molecular formula is C13H15NO2S2. The van der Waals surface area contributed by atoms with Gasteiger partial charge in [0.05, 0.1) is 24.4 Å². The van der Waals surface area contributed by atoms with E-state index in [-0.39, 0.29) is 0 Å². The van der Waals surface area contributed by atoms with Gasteiger partial charge in [-0.3, -0.25) is 0 Å². The van der Waals surface area contributed by atoms with E-state index in [9.17, 15) is 0 Å². The number of aromatic nitrogens is 1. The van der Waals surface area contributed by atoms with Crippen molar-refractivity contribution in [3.63, 3.8) is 0 Å². The van der Waals surface area contributed by atoms with Crippen LogP contribution in [0, 0.1) is 0 Å². The van der Waals surface area contributed by atoms with E-state index in [4.69, 9.17) is 9.47 Å². The molecule has 0 aliphatic carbocycles. The molecule has 0 radical (unpaired) electrons. The van der Waals surface area contributed by atoms with Crippen LogP contribution < -0.4 is 9.47 Å². The van der Waals surface area contributed by atoms with E-state index in [1.165, 1.54) is 0 Å². The number of thiazole rings is 1. The van der Waals surface area contributed by atoms with Crippen LogP contribution in [0.15, 0.2) is 29.6 Å². The minimum absolute atomic E-state index is 0.597. The summed E-state index contributed by atoms with van der Waals surface area (Å²) < 4.78 is 10.9. The largest absolute Gasteiger partial charge is 0.493 e. The maximum atomic E-state index is 5.70. The highest BCUT2D eigenvalue weighted by atomic mass is 32.1. The van der Waals surface area contributed by atoms with E-state index in [0.29, 0.717) is 12.4 Å². The third-order valence-electron chi connectivity index (χ3n) is 2.40. The predicted molar refractivity (Wildman–Crippen MR) is 77.0 cm³/mol. The number of thiol groups is 1. The number of ether oxygens (including phenoxy) is 2. The lowest BCUT2D eigenvalue weighted by molar-refractivity contribution is 0.297. The summed E-state index contributed by atoms with van der Waals surface area (Å²) in [5.74, 6) is 2.21. The molecule has 2 aromatic rings. The van der Waals surface area contributed by atoms with Crippen molar-refractivity contribution >= 4 is 24.0 Å². The highest BCUT2D eigenvalue weighted by Gasteiger charge is 2.04. The number of benzene rings is 1. The van der Waals surface area contributed by atoms with E-state index < -0.39 is 0 Å². The van der Waals surface area contributed by atoms with E-state index >= 15 is 0 Å². The third kappa shape index (κ3) is 3.40. The number of nitrogens with zero attached hydrogens (tertiary/aromatic N) is 1. The van der Waals surface area contributed by atoms with Crippen LogP contribution in [0.4, 0.5) is 0 Å². The van der Waals surface area contributed by atoms with Crippen LogP contribution in [0.1, 0.15) is 10.7 Å². The Bertz CT molecular complexity index is 499. The van der Waals surface area contributed by atoms with E-state index in [1.54, 1.807) is 18.4 Å². The monoisotopic (exact) mass is 281 g/mol. The lowest BCUT2D eigenvalue weighted by Gasteiger charge is -2.09. The predicted octanol–water partition coefficient (Wildman–Crippen LogP) is 3.20. The Kier molecular flexibility index (Phi) is 4.90. The number of hydrogen-bond donors (Lipinski definition) is 1. The molecular weight excluding hydrogens is 266 g/mol. The van der Waals surface area contributed by atoms with Crippen LogP contribution in [-0.4, -0.2) is 18.7 Å². The first-order valence-electron chi connectivity index (χ1n) is 5.63. The standard InChI is InChI=1S/C13H15NO2S2/c1-15-11-4-2-3-5-12(11)16-7-6-13-14-10(8-17)9-18-13/h2-5,9,17H,6-8H2,1H3. The Labute approximate surface area is 116 Å². The molecule has 0 unspecified atom stereocenters. The Balaban J connectivity index is 1.88. The molecule has 0 bridgehead atoms. The first-order chi connectivity index (χ1) is 8.83. The van der Waals surface area contributed by atoms with Crippen LogP contribution in [0.3, 0.4) is 0 Å². The van der Waals surface area contributed by atoms with Gasteiger partial charge in [0.25, 0.3) is 0 Å². The van der Waals surface area contributed by atoms with Crippen LogP contribution in [0.25, 0.3) is 0 Å². The molecule has 3 nitrogen and oxygen atoms in total. The molecule has 1 aromatic heterocycles. The maximum absolute atomic E-state index is 5.70. The van der Waals surface area contributed by atoms with Crippen molar-refractivity contribution in [1.29, 1.82) is 0 Å². The molecule has 18 heavy (non-hydrogen) atoms. The zero-order valence-electron chi connectivity index (χ0n) is 10.1. The highest BCUT2D eigenvalue weighted by molar-refractivity contribution is 7.79. The van der Waals surface area contributed by atoms with Crippen LogP contribution in [0.5, 0.6) is 11.5 Å². The topological polar surface area (TPSA) is 31.4 Å². The molecule has 0 saturated carbocycles. The third-order valence-corrected chi connectivity index (χ3v) is 3.69. The van der Waals surface area contributed by atoms with Gasteiger partial charge in [0, 0.05) is 17.6 Å². The van der Waals surface area contributed by atoms with Gasteiger partial charge in [-0.15, -0.1) is 11.3 Å². The summed E-state index contributed by atoms with van der Waals surface area (Å²) in [5, 5.41) is 3.11. The van der Waals surface area contributed by atoms with Gasteiger partial charge in [-0.2, -0.15) is 12.6 Å². The summed E-state index contributed by atoms with van der Waals surface area (Å²) >= 11 is 5.84. The van der Waals surface area contributed by atoms with Gasteiger partial charge < -0.3 is 9.47 Å². The van der Waals surface area contributed by atoms with Gasteiger partial charge in [0.15, 0.2) is 11.5 Å². The van der Waals surface area contributed by atoms with Gasteiger partial charge in [-0.1, -0.05) is 12.1 Å². The summed E-state index contributed by atoms with van der Waals surface area (Å²) in [5.41, 5.74) is 1.02. The first kappa shape index (κ1) is 13.2. The highest BCUT2D eigenvalue weighted by Crippen LogP contribution is 2.25. The van der Waals surface area contributed by atoms with Gasteiger partial charge in [0.1, 0.15) is 0 Å². The molecule has 2 rings (SSSR count). The lowest BCUT2D eigenvalue weighted by atomic mass is 10.3. The van der Waals surface area contributed by atoms with Gasteiger partial charge in [-0.05, 0) is 12.1 Å². The fraction of sp³-hybridized carbons (Fsp3) is 0.308. The van der Waals surface area contributed by atoms with Crippen molar-refractivity contribution in [2.24, 2.45) is 0 Å². The van der Waals surface area contributed by atoms with Crippen molar-refractivity contribution in [1.82, 2.24) is 4.98 Å². The van der Waals surface area contributed by atoms with Gasteiger partial charge in [0.2, 0.25) is 0 Å². The summed E-state index contributed by atoms with van der Waals surface area (Å²) in [6.07, 6.45) is 0.802. The summed E-state index contributed by atoms with van der Waals surface area (Å²) in [6.45, 7) is 0.597. The molecule has 0 aliphatic heterocycles. The van der Waals surface area contributed by atoms with Crippen molar-refractivity contribution < 1.29 is 9.47 Å². The normalized spacial score (nSPS) is 10.3.